The highest BCUT2D eigenvalue weighted by Crippen LogP contribution is 2.27. The van der Waals surface area contributed by atoms with Gasteiger partial charge in [0.2, 0.25) is 12.3 Å². The molecule has 8 heteroatoms. The van der Waals surface area contributed by atoms with Gasteiger partial charge in [-0.05, 0) is 49.4 Å². The third-order valence-electron chi connectivity index (χ3n) is 5.19. The minimum absolute atomic E-state index is 0.255. The summed E-state index contributed by atoms with van der Waals surface area (Å²) in [5.74, 6) is -1.31. The minimum atomic E-state index is -0.891. The molecule has 0 radical (unpaired) electrons. The Morgan fingerprint density at radius 3 is 2.41 bits per heavy atom. The van der Waals surface area contributed by atoms with E-state index >= 15 is 0 Å². The van der Waals surface area contributed by atoms with Gasteiger partial charge >= 0.3 is 5.91 Å². The number of halogens is 3. The molecule has 3 aromatic carbocycles. The third kappa shape index (κ3) is 4.66. The van der Waals surface area contributed by atoms with Gasteiger partial charge in [0.15, 0.2) is 6.04 Å². The molecule has 0 aliphatic carbocycles. The molecule has 0 spiro atoms. The maximum atomic E-state index is 13.2. The van der Waals surface area contributed by atoms with Gasteiger partial charge in [-0.15, -0.1) is 10.1 Å². The molecule has 0 bridgehead atoms. The fourth-order valence-corrected chi connectivity index (χ4v) is 3.98. The Kier molecular flexibility index (Phi) is 6.26. The number of rotatable bonds is 4. The van der Waals surface area contributed by atoms with Crippen molar-refractivity contribution in [1.82, 2.24) is 10.7 Å². The summed E-state index contributed by atoms with van der Waals surface area (Å²) < 4.78 is 14.8. The summed E-state index contributed by atoms with van der Waals surface area (Å²) in [6, 6.07) is 16.4. The van der Waals surface area contributed by atoms with Gasteiger partial charge in [0.05, 0.1) is 10.6 Å². The molecule has 4 rings (SSSR count). The zero-order valence-corrected chi connectivity index (χ0v) is 18.5. The minimum Gasteiger partial charge on any atom is -0.334 e. The number of hydrazone groups is 1. The molecule has 1 heterocycles. The summed E-state index contributed by atoms with van der Waals surface area (Å²) in [4.78, 5) is 25.7. The van der Waals surface area contributed by atoms with Crippen LogP contribution in [0, 0.1) is 12.7 Å². The van der Waals surface area contributed by atoms with Gasteiger partial charge in [-0.1, -0.05) is 53.0 Å². The first-order chi connectivity index (χ1) is 15.3. The molecule has 32 heavy (non-hydrogen) atoms. The van der Waals surface area contributed by atoms with Gasteiger partial charge < -0.3 is 5.32 Å². The number of carbonyl (C=O) groups excluding carboxylic acids is 2. The number of aryl methyl sites for hydroxylation is 1. The van der Waals surface area contributed by atoms with Crippen molar-refractivity contribution in [2.75, 3.05) is 0 Å². The lowest BCUT2D eigenvalue weighted by molar-refractivity contribution is -0.596. The molecule has 162 valence electrons. The Hall–Kier alpha value is -3.22. The lowest BCUT2D eigenvalue weighted by atomic mass is 9.98. The first-order valence-corrected chi connectivity index (χ1v) is 10.6. The van der Waals surface area contributed by atoms with E-state index in [1.165, 1.54) is 24.3 Å². The quantitative estimate of drug-likeness (QED) is 0.553. The number of hydrogen-bond donors (Lipinski definition) is 2. The molecule has 2 atom stereocenters. The Labute approximate surface area is 194 Å². The zero-order chi connectivity index (χ0) is 22.8. The van der Waals surface area contributed by atoms with Crippen molar-refractivity contribution in [3.63, 3.8) is 0 Å². The van der Waals surface area contributed by atoms with Gasteiger partial charge in [-0.3, -0.25) is 9.59 Å². The third-order valence-corrected chi connectivity index (χ3v) is 5.75. The second kappa shape index (κ2) is 9.10. The van der Waals surface area contributed by atoms with E-state index in [1.54, 1.807) is 29.1 Å². The fraction of sp³-hybridized carbons (Fsp3) is 0.125. The van der Waals surface area contributed by atoms with Crippen molar-refractivity contribution >= 4 is 41.2 Å². The predicted molar refractivity (Wildman–Crippen MR) is 122 cm³/mol. The van der Waals surface area contributed by atoms with Crippen molar-refractivity contribution in [3.05, 3.63) is 105 Å². The molecular formula is C24H19Cl2FN3O2+. The monoisotopic (exact) mass is 470 g/mol. The molecular weight excluding hydrogens is 452 g/mol. The summed E-state index contributed by atoms with van der Waals surface area (Å²) in [5.41, 5.74) is 5.59. The van der Waals surface area contributed by atoms with Gasteiger partial charge in [0.25, 0.3) is 5.91 Å². The van der Waals surface area contributed by atoms with E-state index in [4.69, 9.17) is 23.2 Å². The molecule has 0 saturated carbocycles. The average molecular weight is 471 g/mol. The summed E-state index contributed by atoms with van der Waals surface area (Å²) in [6.45, 7) is 1.97. The maximum absolute atomic E-state index is 13.2. The van der Waals surface area contributed by atoms with E-state index in [-0.39, 0.29) is 11.5 Å². The molecule has 0 aromatic heterocycles. The molecule has 1 fully saturated rings. The van der Waals surface area contributed by atoms with Gasteiger partial charge in [-0.25, -0.2) is 4.39 Å². The number of benzene rings is 3. The van der Waals surface area contributed by atoms with Gasteiger partial charge in [0.1, 0.15) is 5.82 Å². The molecule has 2 amide bonds. The van der Waals surface area contributed by atoms with Crippen molar-refractivity contribution in [3.8, 4) is 0 Å². The van der Waals surface area contributed by atoms with Crippen LogP contribution in [0.4, 0.5) is 4.39 Å². The van der Waals surface area contributed by atoms with Crippen molar-refractivity contribution in [1.29, 1.82) is 0 Å². The molecule has 1 aliphatic rings. The largest absolute Gasteiger partial charge is 0.334 e. The number of amides is 2. The van der Waals surface area contributed by atoms with Crippen LogP contribution in [0.25, 0.3) is 0 Å². The van der Waals surface area contributed by atoms with E-state index < -0.39 is 23.8 Å². The Bertz CT molecular complexity index is 1210. The highest BCUT2D eigenvalue weighted by atomic mass is 35.5. The van der Waals surface area contributed by atoms with Crippen molar-refractivity contribution in [2.45, 2.75) is 19.0 Å². The molecule has 5 nitrogen and oxygen atoms in total. The lowest BCUT2D eigenvalue weighted by Crippen LogP contribution is -2.42. The van der Waals surface area contributed by atoms with E-state index in [1.807, 2.05) is 31.2 Å². The van der Waals surface area contributed by atoms with E-state index in [0.29, 0.717) is 15.6 Å². The normalized spacial score (nSPS) is 19.1. The van der Waals surface area contributed by atoms with E-state index in [9.17, 15) is 14.0 Å². The van der Waals surface area contributed by atoms with Crippen LogP contribution in [0.15, 0.2) is 66.7 Å². The smallest absolute Gasteiger partial charge is 0.304 e. The van der Waals surface area contributed by atoms with Crippen LogP contribution in [0.3, 0.4) is 0 Å². The highest BCUT2D eigenvalue weighted by Gasteiger charge is 2.47. The second-order valence-electron chi connectivity index (χ2n) is 7.49. The maximum Gasteiger partial charge on any atom is 0.304 e. The number of hydrogen-bond acceptors (Lipinski definition) is 2. The van der Waals surface area contributed by atoms with Crippen LogP contribution >= 0.6 is 23.2 Å². The summed E-state index contributed by atoms with van der Waals surface area (Å²) >= 11 is 12.3. The standard InChI is InChI=1S/C24H18Cl2FN3O2/c1-14-2-4-15(5-3-14)22-21(28-23(31)16-7-10-19(27)11-8-16)24(32)29-30(22)13-17-6-9-18(25)12-20(17)26/h2-13,21-22H,1H3,(H-,28,29,31,32)/p+1/b30-13-/t21-,22+/m0/s1. The number of carbonyl (C=O) groups is 2. The highest BCUT2D eigenvalue weighted by molar-refractivity contribution is 6.36. The molecule has 0 unspecified atom stereocenters. The topological polar surface area (TPSA) is 61.2 Å². The predicted octanol–water partition coefficient (Wildman–Crippen LogP) is 4.46. The Morgan fingerprint density at radius 1 is 1.06 bits per heavy atom. The van der Waals surface area contributed by atoms with Gasteiger partial charge in [0, 0.05) is 16.1 Å². The van der Waals surface area contributed by atoms with E-state index in [0.717, 1.165) is 11.1 Å². The molecule has 2 N–H and O–H groups in total. The van der Waals surface area contributed by atoms with Gasteiger partial charge in [-0.2, -0.15) is 0 Å². The van der Waals surface area contributed by atoms with Crippen LogP contribution in [0.1, 0.15) is 33.1 Å². The first kappa shape index (κ1) is 22.0. The van der Waals surface area contributed by atoms with Crippen LogP contribution in [-0.2, 0) is 4.79 Å². The van der Waals surface area contributed by atoms with Crippen LogP contribution in [-0.4, -0.2) is 28.8 Å². The van der Waals surface area contributed by atoms with Crippen LogP contribution in [0.5, 0.6) is 0 Å². The Balaban J connectivity index is 1.72. The Morgan fingerprint density at radius 2 is 1.75 bits per heavy atom. The van der Waals surface area contributed by atoms with Crippen molar-refractivity contribution < 1.29 is 18.7 Å². The first-order valence-electron chi connectivity index (χ1n) is 9.83. The summed E-state index contributed by atoms with van der Waals surface area (Å²) in [7, 11) is 0. The molecule has 3 aromatic rings. The van der Waals surface area contributed by atoms with Crippen LogP contribution < -0.4 is 10.7 Å². The number of nitrogens with one attached hydrogen (secondary N) is 2. The lowest BCUT2D eigenvalue weighted by Gasteiger charge is -2.15. The molecule has 1 saturated heterocycles. The van der Waals surface area contributed by atoms with Crippen molar-refractivity contribution in [2.24, 2.45) is 0 Å². The number of hydrazine groups is 1. The SMILES string of the molecule is Cc1ccc([C@@H]2[C@H](NC(=O)c3ccc(F)cc3)C(=O)N/[N+]2=C\c2ccc(Cl)cc2Cl)cc1. The fourth-order valence-electron chi connectivity index (χ4n) is 3.53. The molecule has 1 aliphatic heterocycles. The summed E-state index contributed by atoms with van der Waals surface area (Å²) in [6.07, 6.45) is 1.70. The zero-order valence-electron chi connectivity index (χ0n) is 17.0. The number of nitrogens with zero attached hydrogens (tertiary/aromatic N) is 1. The van der Waals surface area contributed by atoms with E-state index in [2.05, 4.69) is 10.7 Å². The average Bonchev–Trinajstić information content (AvgIpc) is 3.06. The second-order valence-corrected chi connectivity index (χ2v) is 8.34. The summed E-state index contributed by atoms with van der Waals surface area (Å²) in [5, 5.41) is 3.70. The van der Waals surface area contributed by atoms with Crippen LogP contribution in [0.2, 0.25) is 10.0 Å².